The molecule has 96 valence electrons. The Morgan fingerprint density at radius 2 is 1.84 bits per heavy atom. The molecule has 0 aliphatic rings. The molecular formula is C14H10BrNO3. The van der Waals surface area contributed by atoms with Gasteiger partial charge in [-0.2, -0.15) is 0 Å². The summed E-state index contributed by atoms with van der Waals surface area (Å²) < 4.78 is 0. The van der Waals surface area contributed by atoms with Crippen LogP contribution in [0.2, 0.25) is 0 Å². The molecular weight excluding hydrogens is 310 g/mol. The van der Waals surface area contributed by atoms with Crippen LogP contribution >= 0.6 is 15.9 Å². The number of rotatable bonds is 4. The molecule has 0 aromatic heterocycles. The van der Waals surface area contributed by atoms with Gasteiger partial charge in [-0.3, -0.25) is 14.9 Å². The number of hydrogen-bond acceptors (Lipinski definition) is 3. The zero-order chi connectivity index (χ0) is 13.8. The van der Waals surface area contributed by atoms with Gasteiger partial charge in [-0.15, -0.1) is 0 Å². The van der Waals surface area contributed by atoms with E-state index in [4.69, 9.17) is 0 Å². The lowest BCUT2D eigenvalue weighted by Crippen LogP contribution is -2.05. The second kappa shape index (κ2) is 5.75. The van der Waals surface area contributed by atoms with Crippen molar-refractivity contribution >= 4 is 27.4 Å². The summed E-state index contributed by atoms with van der Waals surface area (Å²) in [4.78, 5) is 22.8. The summed E-state index contributed by atoms with van der Waals surface area (Å²) >= 11 is 3.24. The predicted octanol–water partition coefficient (Wildman–Crippen LogP) is 3.72. The van der Waals surface area contributed by atoms with E-state index in [0.29, 0.717) is 10.9 Å². The quantitative estimate of drug-likeness (QED) is 0.373. The van der Waals surface area contributed by atoms with Gasteiger partial charge in [0.25, 0.3) is 5.69 Å². The highest BCUT2D eigenvalue weighted by Crippen LogP contribution is 2.24. The Kier molecular flexibility index (Phi) is 4.06. The van der Waals surface area contributed by atoms with Gasteiger partial charge in [0, 0.05) is 17.0 Å². The average Bonchev–Trinajstić information content (AvgIpc) is 2.46. The summed E-state index contributed by atoms with van der Waals surface area (Å²) in [5.41, 5.74) is 1.15. The van der Waals surface area contributed by atoms with Crippen molar-refractivity contribution in [2.45, 2.75) is 5.33 Å². The van der Waals surface area contributed by atoms with Crippen LogP contribution in [0.3, 0.4) is 0 Å². The first kappa shape index (κ1) is 13.4. The fourth-order valence-corrected chi connectivity index (χ4v) is 2.10. The fraction of sp³-hybridized carbons (Fsp3) is 0.0714. The Labute approximate surface area is 118 Å². The van der Waals surface area contributed by atoms with Gasteiger partial charge in [-0.25, -0.2) is 0 Å². The number of hydrogen-bond donors (Lipinski definition) is 0. The van der Waals surface area contributed by atoms with Crippen LogP contribution in [0.1, 0.15) is 21.5 Å². The molecule has 2 aromatic rings. The van der Waals surface area contributed by atoms with Crippen molar-refractivity contribution in [2.24, 2.45) is 0 Å². The van der Waals surface area contributed by atoms with Gasteiger partial charge in [0.05, 0.1) is 4.92 Å². The van der Waals surface area contributed by atoms with Crippen LogP contribution in [-0.4, -0.2) is 10.7 Å². The summed E-state index contributed by atoms with van der Waals surface area (Å²) in [5, 5.41) is 11.6. The molecule has 0 atom stereocenters. The molecule has 0 bridgehead atoms. The summed E-state index contributed by atoms with van der Waals surface area (Å²) in [6.45, 7) is 0. The molecule has 0 heterocycles. The lowest BCUT2D eigenvalue weighted by Gasteiger charge is -2.04. The predicted molar refractivity (Wildman–Crippen MR) is 75.6 cm³/mol. The van der Waals surface area contributed by atoms with Crippen LogP contribution in [-0.2, 0) is 5.33 Å². The molecule has 5 heteroatoms. The summed E-state index contributed by atoms with van der Waals surface area (Å²) in [6, 6.07) is 13.2. The number of alkyl halides is 1. The fourth-order valence-electron chi connectivity index (χ4n) is 1.75. The van der Waals surface area contributed by atoms with Crippen molar-refractivity contribution in [3.63, 3.8) is 0 Å². The number of nitrogens with zero attached hydrogens (tertiary/aromatic N) is 1. The highest BCUT2D eigenvalue weighted by Gasteiger charge is 2.21. The van der Waals surface area contributed by atoms with Crippen LogP contribution in [0.4, 0.5) is 5.69 Å². The molecule has 0 saturated heterocycles. The summed E-state index contributed by atoms with van der Waals surface area (Å²) in [7, 11) is 0. The van der Waals surface area contributed by atoms with Crippen molar-refractivity contribution in [1.29, 1.82) is 0 Å². The third-order valence-electron chi connectivity index (χ3n) is 2.69. The Balaban J connectivity index is 2.50. The molecule has 0 amide bonds. The smallest absolute Gasteiger partial charge is 0.280 e. The SMILES string of the molecule is O=C(c1ccccc1)c1ccc(CBr)cc1[N+](=O)[O-]. The number of nitro groups is 1. The highest BCUT2D eigenvalue weighted by atomic mass is 79.9. The normalized spacial score (nSPS) is 10.2. The van der Waals surface area contributed by atoms with Gasteiger partial charge >= 0.3 is 0 Å². The Morgan fingerprint density at radius 1 is 1.16 bits per heavy atom. The minimum atomic E-state index is -0.525. The maximum absolute atomic E-state index is 12.3. The van der Waals surface area contributed by atoms with Crippen LogP contribution in [0.5, 0.6) is 0 Å². The number of halogens is 1. The minimum Gasteiger partial charge on any atom is -0.288 e. The van der Waals surface area contributed by atoms with E-state index in [-0.39, 0.29) is 17.0 Å². The lowest BCUT2D eigenvalue weighted by molar-refractivity contribution is -0.385. The van der Waals surface area contributed by atoms with Crippen molar-refractivity contribution in [3.8, 4) is 0 Å². The first-order chi connectivity index (χ1) is 9.13. The molecule has 0 radical (unpaired) electrons. The number of ketones is 1. The van der Waals surface area contributed by atoms with Crippen LogP contribution in [0.15, 0.2) is 48.5 Å². The number of nitro benzene ring substituents is 1. The summed E-state index contributed by atoms with van der Waals surface area (Å²) in [5.74, 6) is -0.339. The van der Waals surface area contributed by atoms with Crippen LogP contribution in [0.25, 0.3) is 0 Å². The van der Waals surface area contributed by atoms with Gasteiger partial charge in [0.15, 0.2) is 5.78 Å². The third kappa shape index (κ3) is 2.88. The van der Waals surface area contributed by atoms with E-state index >= 15 is 0 Å². The third-order valence-corrected chi connectivity index (χ3v) is 3.34. The van der Waals surface area contributed by atoms with Crippen LogP contribution in [0, 0.1) is 10.1 Å². The maximum Gasteiger partial charge on any atom is 0.280 e. The molecule has 19 heavy (non-hydrogen) atoms. The molecule has 0 aliphatic carbocycles. The Morgan fingerprint density at radius 3 is 2.42 bits per heavy atom. The standard InChI is InChI=1S/C14H10BrNO3/c15-9-10-6-7-12(13(8-10)16(18)19)14(17)11-4-2-1-3-5-11/h1-8H,9H2. The molecule has 0 aliphatic heterocycles. The molecule has 0 spiro atoms. The lowest BCUT2D eigenvalue weighted by atomic mass is 10.0. The Hall–Kier alpha value is -2.01. The minimum absolute atomic E-state index is 0.112. The number of carbonyl (C=O) groups excluding carboxylic acids is 1. The van der Waals surface area contributed by atoms with E-state index in [1.807, 2.05) is 0 Å². The number of benzene rings is 2. The van der Waals surface area contributed by atoms with Gasteiger partial charge in [0.1, 0.15) is 5.56 Å². The monoisotopic (exact) mass is 319 g/mol. The molecule has 4 nitrogen and oxygen atoms in total. The molecule has 2 rings (SSSR count). The highest BCUT2D eigenvalue weighted by molar-refractivity contribution is 9.08. The van der Waals surface area contributed by atoms with E-state index in [9.17, 15) is 14.9 Å². The second-order valence-corrected chi connectivity index (χ2v) is 4.50. The first-order valence-electron chi connectivity index (χ1n) is 5.56. The van der Waals surface area contributed by atoms with Crippen molar-refractivity contribution < 1.29 is 9.72 Å². The van der Waals surface area contributed by atoms with E-state index in [1.54, 1.807) is 36.4 Å². The molecule has 0 N–H and O–H groups in total. The number of carbonyl (C=O) groups is 1. The topological polar surface area (TPSA) is 60.2 Å². The van der Waals surface area contributed by atoms with Gasteiger partial charge in [-0.1, -0.05) is 52.3 Å². The average molecular weight is 320 g/mol. The van der Waals surface area contributed by atoms with Gasteiger partial charge in [0.2, 0.25) is 0 Å². The zero-order valence-corrected chi connectivity index (χ0v) is 11.5. The van der Waals surface area contributed by atoms with E-state index in [2.05, 4.69) is 15.9 Å². The molecule has 2 aromatic carbocycles. The zero-order valence-electron chi connectivity index (χ0n) is 9.88. The van der Waals surface area contributed by atoms with E-state index in [0.717, 1.165) is 5.56 Å². The van der Waals surface area contributed by atoms with Gasteiger partial charge < -0.3 is 0 Å². The maximum atomic E-state index is 12.3. The van der Waals surface area contributed by atoms with Crippen LogP contribution < -0.4 is 0 Å². The van der Waals surface area contributed by atoms with Crippen molar-refractivity contribution in [3.05, 3.63) is 75.3 Å². The van der Waals surface area contributed by atoms with E-state index < -0.39 is 4.92 Å². The molecule has 0 saturated carbocycles. The second-order valence-electron chi connectivity index (χ2n) is 3.94. The largest absolute Gasteiger partial charge is 0.288 e. The molecule has 0 fully saturated rings. The van der Waals surface area contributed by atoms with Crippen molar-refractivity contribution in [1.82, 2.24) is 0 Å². The van der Waals surface area contributed by atoms with E-state index in [1.165, 1.54) is 12.1 Å². The van der Waals surface area contributed by atoms with Crippen molar-refractivity contribution in [2.75, 3.05) is 0 Å². The first-order valence-corrected chi connectivity index (χ1v) is 6.68. The van der Waals surface area contributed by atoms with Gasteiger partial charge in [-0.05, 0) is 11.6 Å². The molecule has 0 unspecified atom stereocenters. The Bertz CT molecular complexity index is 626. The summed E-state index contributed by atoms with van der Waals surface area (Å²) in [6.07, 6.45) is 0.